The van der Waals surface area contributed by atoms with Crippen molar-refractivity contribution < 1.29 is 13.9 Å². The molecule has 0 unspecified atom stereocenters. The van der Waals surface area contributed by atoms with Crippen molar-refractivity contribution in [2.75, 3.05) is 13.2 Å². The fourth-order valence-electron chi connectivity index (χ4n) is 1.53. The van der Waals surface area contributed by atoms with Crippen molar-refractivity contribution >= 4 is 11.6 Å². The zero-order valence-corrected chi connectivity index (χ0v) is 11.6. The fourth-order valence-corrected chi connectivity index (χ4v) is 1.66. The van der Waals surface area contributed by atoms with Crippen LogP contribution in [0.5, 0.6) is 0 Å². The molecular formula is C13H15ClN2O3. The first-order chi connectivity index (χ1) is 9.24. The molecule has 0 aliphatic rings. The van der Waals surface area contributed by atoms with Gasteiger partial charge in [-0.3, -0.25) is 0 Å². The highest BCUT2D eigenvalue weighted by Gasteiger charge is 2.19. The minimum absolute atomic E-state index is 0.314. The molecule has 1 aromatic carbocycles. The first kappa shape index (κ1) is 14.0. The van der Waals surface area contributed by atoms with E-state index in [4.69, 9.17) is 25.5 Å². The number of nitrogens with zero attached hydrogens (tertiary/aromatic N) is 2. The van der Waals surface area contributed by atoms with Gasteiger partial charge in [-0.2, -0.15) is 0 Å². The summed E-state index contributed by atoms with van der Waals surface area (Å²) in [7, 11) is 0. The van der Waals surface area contributed by atoms with E-state index in [2.05, 4.69) is 10.2 Å². The van der Waals surface area contributed by atoms with Gasteiger partial charge in [0.1, 0.15) is 0 Å². The van der Waals surface area contributed by atoms with E-state index in [1.807, 2.05) is 26.0 Å². The molecule has 0 radical (unpaired) electrons. The van der Waals surface area contributed by atoms with Crippen LogP contribution in [0.3, 0.4) is 0 Å². The zero-order valence-electron chi connectivity index (χ0n) is 10.8. The molecule has 2 aromatic rings. The smallest absolute Gasteiger partial charge is 0.273 e. The van der Waals surface area contributed by atoms with Gasteiger partial charge in [0.25, 0.3) is 5.89 Å². The molecule has 6 heteroatoms. The lowest BCUT2D eigenvalue weighted by Crippen LogP contribution is -2.09. The van der Waals surface area contributed by atoms with Crippen LogP contribution in [-0.4, -0.2) is 23.4 Å². The maximum absolute atomic E-state index is 5.83. The normalized spacial score (nSPS) is 11.2. The third-order valence-electron chi connectivity index (χ3n) is 2.37. The predicted molar refractivity (Wildman–Crippen MR) is 70.7 cm³/mol. The molecule has 0 fully saturated rings. The molecule has 0 bridgehead atoms. The molecule has 102 valence electrons. The maximum atomic E-state index is 5.83. The van der Waals surface area contributed by atoms with Gasteiger partial charge in [-0.15, -0.1) is 10.2 Å². The summed E-state index contributed by atoms with van der Waals surface area (Å²) in [4.78, 5) is 0. The van der Waals surface area contributed by atoms with E-state index < -0.39 is 6.29 Å². The standard InChI is InChI=1S/C13H15ClN2O3/c1-3-17-13(18-4-2)12-16-15-11(19-12)9-5-7-10(14)8-6-9/h5-8,13H,3-4H2,1-2H3. The topological polar surface area (TPSA) is 57.4 Å². The highest BCUT2D eigenvalue weighted by atomic mass is 35.5. The zero-order chi connectivity index (χ0) is 13.7. The molecule has 0 saturated heterocycles. The Labute approximate surface area is 116 Å². The average Bonchev–Trinajstić information content (AvgIpc) is 2.89. The predicted octanol–water partition coefficient (Wildman–Crippen LogP) is 3.46. The lowest BCUT2D eigenvalue weighted by atomic mass is 10.2. The van der Waals surface area contributed by atoms with Crippen molar-refractivity contribution in [3.8, 4) is 11.5 Å². The molecule has 19 heavy (non-hydrogen) atoms. The van der Waals surface area contributed by atoms with Gasteiger partial charge in [0.15, 0.2) is 0 Å². The molecule has 5 nitrogen and oxygen atoms in total. The van der Waals surface area contributed by atoms with Gasteiger partial charge in [0, 0.05) is 23.8 Å². The lowest BCUT2D eigenvalue weighted by Gasteiger charge is -2.11. The molecule has 1 aromatic heterocycles. The molecule has 0 N–H and O–H groups in total. The second kappa shape index (κ2) is 6.65. The molecule has 0 saturated carbocycles. The Morgan fingerprint density at radius 1 is 1.11 bits per heavy atom. The summed E-state index contributed by atoms with van der Waals surface area (Å²) >= 11 is 5.83. The number of hydrogen-bond acceptors (Lipinski definition) is 5. The van der Waals surface area contributed by atoms with E-state index in [1.54, 1.807) is 12.1 Å². The molecule has 0 amide bonds. The van der Waals surface area contributed by atoms with Gasteiger partial charge in [0.2, 0.25) is 12.2 Å². The van der Waals surface area contributed by atoms with Gasteiger partial charge in [-0.05, 0) is 38.1 Å². The van der Waals surface area contributed by atoms with Crippen LogP contribution in [0.2, 0.25) is 5.02 Å². The van der Waals surface area contributed by atoms with Crippen LogP contribution in [0.15, 0.2) is 28.7 Å². The molecule has 1 heterocycles. The highest BCUT2D eigenvalue weighted by Crippen LogP contribution is 2.24. The Morgan fingerprint density at radius 3 is 2.32 bits per heavy atom. The number of halogens is 1. The number of rotatable bonds is 6. The van der Waals surface area contributed by atoms with Gasteiger partial charge in [-0.25, -0.2) is 0 Å². The SMILES string of the molecule is CCOC(OCC)c1nnc(-c2ccc(Cl)cc2)o1. The summed E-state index contributed by atoms with van der Waals surface area (Å²) in [5, 5.41) is 8.59. The third-order valence-corrected chi connectivity index (χ3v) is 2.62. The van der Waals surface area contributed by atoms with E-state index in [0.29, 0.717) is 30.0 Å². The summed E-state index contributed by atoms with van der Waals surface area (Å²) < 4.78 is 16.4. The van der Waals surface area contributed by atoms with Crippen molar-refractivity contribution in [3.05, 3.63) is 35.2 Å². The van der Waals surface area contributed by atoms with Gasteiger partial charge >= 0.3 is 0 Å². The largest absolute Gasteiger partial charge is 0.416 e. The number of hydrogen-bond donors (Lipinski definition) is 0. The Morgan fingerprint density at radius 2 is 1.74 bits per heavy atom. The number of benzene rings is 1. The summed E-state index contributed by atoms with van der Waals surface area (Å²) in [6, 6.07) is 7.17. The second-order valence-corrected chi connectivity index (χ2v) is 4.13. The number of ether oxygens (including phenoxy) is 2. The minimum atomic E-state index is -0.622. The van der Waals surface area contributed by atoms with Crippen LogP contribution in [0.4, 0.5) is 0 Å². The summed E-state index contributed by atoms with van der Waals surface area (Å²) in [5.74, 6) is 0.727. The van der Waals surface area contributed by atoms with Crippen LogP contribution >= 0.6 is 11.6 Å². The molecule has 0 atom stereocenters. The Hall–Kier alpha value is -1.43. The lowest BCUT2D eigenvalue weighted by molar-refractivity contribution is -0.153. The van der Waals surface area contributed by atoms with E-state index in [-0.39, 0.29) is 0 Å². The highest BCUT2D eigenvalue weighted by molar-refractivity contribution is 6.30. The van der Waals surface area contributed by atoms with Crippen LogP contribution in [0, 0.1) is 0 Å². The molecule has 2 rings (SSSR count). The van der Waals surface area contributed by atoms with Crippen LogP contribution in [-0.2, 0) is 9.47 Å². The van der Waals surface area contributed by atoms with Crippen molar-refractivity contribution in [3.63, 3.8) is 0 Å². The second-order valence-electron chi connectivity index (χ2n) is 3.69. The monoisotopic (exact) mass is 282 g/mol. The van der Waals surface area contributed by atoms with E-state index >= 15 is 0 Å². The van der Waals surface area contributed by atoms with Crippen molar-refractivity contribution in [2.24, 2.45) is 0 Å². The molecular weight excluding hydrogens is 268 g/mol. The van der Waals surface area contributed by atoms with Crippen molar-refractivity contribution in [2.45, 2.75) is 20.1 Å². The molecule has 0 spiro atoms. The van der Waals surface area contributed by atoms with Gasteiger partial charge in [-0.1, -0.05) is 11.6 Å². The maximum Gasteiger partial charge on any atom is 0.273 e. The summed E-state index contributed by atoms with van der Waals surface area (Å²) in [5.41, 5.74) is 0.801. The Kier molecular flexibility index (Phi) is 4.90. The van der Waals surface area contributed by atoms with E-state index in [9.17, 15) is 0 Å². The first-order valence-corrected chi connectivity index (χ1v) is 6.45. The van der Waals surface area contributed by atoms with Crippen LogP contribution < -0.4 is 0 Å². The first-order valence-electron chi connectivity index (χ1n) is 6.07. The molecule has 0 aliphatic carbocycles. The van der Waals surface area contributed by atoms with Crippen LogP contribution in [0.25, 0.3) is 11.5 Å². The summed E-state index contributed by atoms with van der Waals surface area (Å²) in [6.07, 6.45) is -0.622. The molecule has 0 aliphatic heterocycles. The summed E-state index contributed by atoms with van der Waals surface area (Å²) in [6.45, 7) is 4.76. The minimum Gasteiger partial charge on any atom is -0.416 e. The third kappa shape index (κ3) is 3.53. The van der Waals surface area contributed by atoms with E-state index in [1.165, 1.54) is 0 Å². The van der Waals surface area contributed by atoms with Crippen LogP contribution in [0.1, 0.15) is 26.0 Å². The van der Waals surface area contributed by atoms with Gasteiger partial charge < -0.3 is 13.9 Å². The Bertz CT molecular complexity index is 507. The number of aromatic nitrogens is 2. The van der Waals surface area contributed by atoms with E-state index in [0.717, 1.165) is 5.56 Å². The Balaban J connectivity index is 2.19. The average molecular weight is 283 g/mol. The quantitative estimate of drug-likeness (QED) is 0.759. The van der Waals surface area contributed by atoms with Gasteiger partial charge in [0.05, 0.1) is 0 Å². The van der Waals surface area contributed by atoms with Crippen molar-refractivity contribution in [1.82, 2.24) is 10.2 Å². The van der Waals surface area contributed by atoms with Crippen molar-refractivity contribution in [1.29, 1.82) is 0 Å². The fraction of sp³-hybridized carbons (Fsp3) is 0.385.